The summed E-state index contributed by atoms with van der Waals surface area (Å²) >= 11 is 0. The van der Waals surface area contributed by atoms with Gasteiger partial charge in [-0.05, 0) is 42.7 Å². The summed E-state index contributed by atoms with van der Waals surface area (Å²) in [6.07, 6.45) is 10.0. The second kappa shape index (κ2) is 9.95. The van der Waals surface area contributed by atoms with Crippen LogP contribution < -0.4 is 4.74 Å². The Bertz CT molecular complexity index is 553. The Morgan fingerprint density at radius 3 is 2.30 bits per heavy atom. The molecule has 124 valence electrons. The summed E-state index contributed by atoms with van der Waals surface area (Å²) in [4.78, 5) is 8.96. The maximum Gasteiger partial charge on any atom is 0.159 e. The molecule has 0 aliphatic carbocycles. The number of unbranched alkanes of at least 4 members (excludes halogenated alkanes) is 3. The standard InChI is InChI=1S/C19H26N2O2/c1-3-4-5-6-7-16-14-20-19(21-15-16)17-8-10-18(11-9-17)23-13-12-22-2/h8-11,14-15H,3-7,12-13H2,1-2H3. The lowest BCUT2D eigenvalue weighted by Crippen LogP contribution is -2.04. The summed E-state index contributed by atoms with van der Waals surface area (Å²) in [7, 11) is 1.66. The zero-order chi connectivity index (χ0) is 16.3. The number of methoxy groups -OCH3 is 1. The quantitative estimate of drug-likeness (QED) is 0.614. The van der Waals surface area contributed by atoms with Crippen LogP contribution in [-0.4, -0.2) is 30.3 Å². The van der Waals surface area contributed by atoms with E-state index in [9.17, 15) is 0 Å². The zero-order valence-electron chi connectivity index (χ0n) is 14.1. The van der Waals surface area contributed by atoms with Gasteiger partial charge in [0.1, 0.15) is 12.4 Å². The monoisotopic (exact) mass is 314 g/mol. The van der Waals surface area contributed by atoms with Crippen molar-refractivity contribution in [3.63, 3.8) is 0 Å². The molecule has 23 heavy (non-hydrogen) atoms. The topological polar surface area (TPSA) is 44.2 Å². The number of ether oxygens (including phenoxy) is 2. The maximum atomic E-state index is 5.55. The van der Waals surface area contributed by atoms with Crippen molar-refractivity contribution in [1.82, 2.24) is 9.97 Å². The first-order chi connectivity index (χ1) is 11.3. The Morgan fingerprint density at radius 1 is 0.913 bits per heavy atom. The molecule has 0 spiro atoms. The smallest absolute Gasteiger partial charge is 0.159 e. The van der Waals surface area contributed by atoms with E-state index in [1.807, 2.05) is 36.7 Å². The summed E-state index contributed by atoms with van der Waals surface area (Å²) in [5.41, 5.74) is 2.21. The number of aryl methyl sites for hydroxylation is 1. The zero-order valence-corrected chi connectivity index (χ0v) is 14.1. The van der Waals surface area contributed by atoms with Gasteiger partial charge in [-0.2, -0.15) is 0 Å². The second-order valence-electron chi connectivity index (χ2n) is 5.59. The van der Waals surface area contributed by atoms with E-state index in [-0.39, 0.29) is 0 Å². The van der Waals surface area contributed by atoms with Crippen LogP contribution in [0.2, 0.25) is 0 Å². The van der Waals surface area contributed by atoms with Gasteiger partial charge in [-0.25, -0.2) is 9.97 Å². The molecule has 0 saturated carbocycles. The minimum atomic E-state index is 0.555. The van der Waals surface area contributed by atoms with Gasteiger partial charge >= 0.3 is 0 Å². The summed E-state index contributed by atoms with van der Waals surface area (Å²) < 4.78 is 10.5. The van der Waals surface area contributed by atoms with Gasteiger partial charge in [-0.15, -0.1) is 0 Å². The average molecular weight is 314 g/mol. The second-order valence-corrected chi connectivity index (χ2v) is 5.59. The Hall–Kier alpha value is -1.94. The van der Waals surface area contributed by atoms with Gasteiger partial charge in [-0.1, -0.05) is 26.2 Å². The molecule has 0 radical (unpaired) electrons. The first-order valence-corrected chi connectivity index (χ1v) is 8.36. The summed E-state index contributed by atoms with van der Waals surface area (Å²) in [5.74, 6) is 1.59. The predicted molar refractivity (Wildman–Crippen MR) is 92.7 cm³/mol. The molecule has 0 N–H and O–H groups in total. The van der Waals surface area contributed by atoms with Gasteiger partial charge in [0, 0.05) is 25.1 Å². The van der Waals surface area contributed by atoms with Crippen LogP contribution in [0.25, 0.3) is 11.4 Å². The highest BCUT2D eigenvalue weighted by Gasteiger charge is 2.03. The molecule has 0 atom stereocenters. The van der Waals surface area contributed by atoms with Crippen LogP contribution >= 0.6 is 0 Å². The van der Waals surface area contributed by atoms with Crippen molar-refractivity contribution in [2.24, 2.45) is 0 Å². The number of hydrogen-bond donors (Lipinski definition) is 0. The van der Waals surface area contributed by atoms with E-state index >= 15 is 0 Å². The Kier molecular flexibility index (Phi) is 7.54. The Balaban J connectivity index is 1.88. The molecule has 4 nitrogen and oxygen atoms in total. The molecular formula is C19H26N2O2. The number of benzene rings is 1. The minimum Gasteiger partial charge on any atom is -0.491 e. The number of rotatable bonds is 10. The van der Waals surface area contributed by atoms with Crippen LogP contribution in [0.4, 0.5) is 0 Å². The lowest BCUT2D eigenvalue weighted by Gasteiger charge is -2.06. The van der Waals surface area contributed by atoms with Gasteiger partial charge in [0.05, 0.1) is 6.61 Å². The van der Waals surface area contributed by atoms with Crippen molar-refractivity contribution in [3.8, 4) is 17.1 Å². The van der Waals surface area contributed by atoms with Crippen LogP contribution in [0.3, 0.4) is 0 Å². The van der Waals surface area contributed by atoms with Crippen molar-refractivity contribution in [1.29, 1.82) is 0 Å². The number of hydrogen-bond acceptors (Lipinski definition) is 4. The summed E-state index contributed by atoms with van der Waals surface area (Å²) in [6.45, 7) is 3.37. The third-order valence-corrected chi connectivity index (χ3v) is 3.69. The lowest BCUT2D eigenvalue weighted by molar-refractivity contribution is 0.146. The van der Waals surface area contributed by atoms with E-state index in [0.29, 0.717) is 13.2 Å². The minimum absolute atomic E-state index is 0.555. The molecule has 0 aliphatic rings. The Morgan fingerprint density at radius 2 is 1.65 bits per heavy atom. The first kappa shape index (κ1) is 17.4. The fourth-order valence-corrected chi connectivity index (χ4v) is 2.33. The molecule has 0 aliphatic heterocycles. The van der Waals surface area contributed by atoms with Gasteiger partial charge in [0.2, 0.25) is 0 Å². The molecular weight excluding hydrogens is 288 g/mol. The molecule has 1 aromatic heterocycles. The van der Waals surface area contributed by atoms with E-state index in [2.05, 4.69) is 16.9 Å². The van der Waals surface area contributed by atoms with Crippen molar-refractivity contribution in [3.05, 3.63) is 42.2 Å². The Labute approximate surface area is 138 Å². The molecule has 1 aromatic carbocycles. The van der Waals surface area contributed by atoms with Crippen molar-refractivity contribution in [2.75, 3.05) is 20.3 Å². The molecule has 0 saturated heterocycles. The fourth-order valence-electron chi connectivity index (χ4n) is 2.33. The molecule has 0 bridgehead atoms. The maximum absolute atomic E-state index is 5.55. The van der Waals surface area contributed by atoms with Crippen LogP contribution in [0.15, 0.2) is 36.7 Å². The highest BCUT2D eigenvalue weighted by Crippen LogP contribution is 2.19. The van der Waals surface area contributed by atoms with Gasteiger partial charge in [0.15, 0.2) is 5.82 Å². The van der Waals surface area contributed by atoms with Crippen molar-refractivity contribution in [2.45, 2.75) is 39.0 Å². The molecule has 1 heterocycles. The normalized spacial score (nSPS) is 10.7. The number of aromatic nitrogens is 2. The van der Waals surface area contributed by atoms with E-state index < -0.39 is 0 Å². The van der Waals surface area contributed by atoms with E-state index in [1.54, 1.807) is 7.11 Å². The predicted octanol–water partition coefficient (Wildman–Crippen LogP) is 4.29. The molecule has 2 rings (SSSR count). The fraction of sp³-hybridized carbons (Fsp3) is 0.474. The van der Waals surface area contributed by atoms with E-state index in [4.69, 9.17) is 9.47 Å². The van der Waals surface area contributed by atoms with Crippen LogP contribution in [0, 0.1) is 0 Å². The largest absolute Gasteiger partial charge is 0.491 e. The summed E-state index contributed by atoms with van der Waals surface area (Å²) in [6, 6.07) is 7.84. The van der Waals surface area contributed by atoms with Gasteiger partial charge in [0.25, 0.3) is 0 Å². The van der Waals surface area contributed by atoms with Crippen molar-refractivity contribution < 1.29 is 9.47 Å². The van der Waals surface area contributed by atoms with Crippen LogP contribution in [0.1, 0.15) is 38.2 Å². The van der Waals surface area contributed by atoms with Gasteiger partial charge in [-0.3, -0.25) is 0 Å². The van der Waals surface area contributed by atoms with Crippen LogP contribution in [-0.2, 0) is 11.2 Å². The number of nitrogens with zero attached hydrogens (tertiary/aromatic N) is 2. The third-order valence-electron chi connectivity index (χ3n) is 3.69. The van der Waals surface area contributed by atoms with E-state index in [0.717, 1.165) is 23.6 Å². The highest BCUT2D eigenvalue weighted by molar-refractivity contribution is 5.55. The third kappa shape index (κ3) is 5.99. The molecule has 0 fully saturated rings. The lowest BCUT2D eigenvalue weighted by atomic mass is 10.1. The average Bonchev–Trinajstić information content (AvgIpc) is 2.60. The summed E-state index contributed by atoms with van der Waals surface area (Å²) in [5, 5.41) is 0. The van der Waals surface area contributed by atoms with Gasteiger partial charge < -0.3 is 9.47 Å². The first-order valence-electron chi connectivity index (χ1n) is 8.36. The van der Waals surface area contributed by atoms with Crippen molar-refractivity contribution >= 4 is 0 Å². The van der Waals surface area contributed by atoms with Crippen LogP contribution in [0.5, 0.6) is 5.75 Å². The molecule has 4 heteroatoms. The molecule has 0 amide bonds. The highest BCUT2D eigenvalue weighted by atomic mass is 16.5. The molecule has 2 aromatic rings. The van der Waals surface area contributed by atoms with E-state index in [1.165, 1.54) is 31.2 Å². The SMILES string of the molecule is CCCCCCc1cnc(-c2ccc(OCCOC)cc2)nc1. The molecule has 0 unspecified atom stereocenters.